The number of unbranched alkanes of at least 4 members (excludes halogenated alkanes) is 1. The van der Waals surface area contributed by atoms with Crippen LogP contribution in [0.2, 0.25) is 5.02 Å². The number of hydrogen-bond acceptors (Lipinski definition) is 7. The Bertz CT molecular complexity index is 1100. The van der Waals surface area contributed by atoms with Crippen LogP contribution in [0.3, 0.4) is 0 Å². The van der Waals surface area contributed by atoms with E-state index in [1.165, 1.54) is 18.2 Å². The van der Waals surface area contributed by atoms with Crippen molar-refractivity contribution in [2.24, 2.45) is 4.99 Å². The molecular weight excluding hydrogens is 539 g/mol. The largest absolute Gasteiger partial charge is 0.493 e. The van der Waals surface area contributed by atoms with E-state index in [-0.39, 0.29) is 27.9 Å². The van der Waals surface area contributed by atoms with Crippen LogP contribution in [0.25, 0.3) is 6.08 Å². The maximum Gasteiger partial charge on any atom is 0.363 e. The second kappa shape index (κ2) is 10.1. The molecule has 1 heterocycles. The van der Waals surface area contributed by atoms with Crippen LogP contribution < -0.4 is 9.47 Å². The van der Waals surface area contributed by atoms with Gasteiger partial charge in [-0.25, -0.2) is 9.79 Å². The lowest BCUT2D eigenvalue weighted by molar-refractivity contribution is -0.384. The average Bonchev–Trinajstić information content (AvgIpc) is 3.09. The van der Waals surface area contributed by atoms with Gasteiger partial charge in [0.15, 0.2) is 17.2 Å². The van der Waals surface area contributed by atoms with Gasteiger partial charge in [0.1, 0.15) is 5.02 Å². The van der Waals surface area contributed by atoms with Crippen LogP contribution >= 0.6 is 34.2 Å². The molecule has 0 atom stereocenters. The highest BCUT2D eigenvalue weighted by Crippen LogP contribution is 2.35. The predicted molar refractivity (Wildman–Crippen MR) is 125 cm³/mol. The van der Waals surface area contributed by atoms with Crippen molar-refractivity contribution in [3.8, 4) is 11.5 Å². The third-order valence-corrected chi connectivity index (χ3v) is 5.43. The summed E-state index contributed by atoms with van der Waals surface area (Å²) in [7, 11) is 1.54. The number of benzene rings is 2. The molecule has 8 nitrogen and oxygen atoms in total. The van der Waals surface area contributed by atoms with E-state index in [0.29, 0.717) is 23.7 Å². The van der Waals surface area contributed by atoms with Gasteiger partial charge in [-0.1, -0.05) is 24.9 Å². The van der Waals surface area contributed by atoms with Crippen LogP contribution in [-0.4, -0.2) is 30.5 Å². The number of methoxy groups -OCH3 is 1. The van der Waals surface area contributed by atoms with Crippen molar-refractivity contribution in [2.75, 3.05) is 13.7 Å². The van der Waals surface area contributed by atoms with Gasteiger partial charge in [0.2, 0.25) is 5.90 Å². The van der Waals surface area contributed by atoms with Gasteiger partial charge in [0.05, 0.1) is 22.2 Å². The highest BCUT2D eigenvalue weighted by molar-refractivity contribution is 14.1. The number of nitrogens with zero attached hydrogens (tertiary/aromatic N) is 2. The minimum Gasteiger partial charge on any atom is -0.493 e. The molecule has 10 heteroatoms. The van der Waals surface area contributed by atoms with Gasteiger partial charge >= 0.3 is 5.97 Å². The van der Waals surface area contributed by atoms with Crippen LogP contribution in [0.4, 0.5) is 5.69 Å². The molecule has 162 valence electrons. The molecule has 31 heavy (non-hydrogen) atoms. The van der Waals surface area contributed by atoms with Gasteiger partial charge in [-0.05, 0) is 64.9 Å². The monoisotopic (exact) mass is 556 g/mol. The molecule has 0 aliphatic carbocycles. The second-order valence-corrected chi connectivity index (χ2v) is 8.06. The first kappa shape index (κ1) is 23.0. The van der Waals surface area contributed by atoms with Crippen LogP contribution in [0.15, 0.2) is 41.0 Å². The van der Waals surface area contributed by atoms with E-state index in [1.54, 1.807) is 19.3 Å². The number of nitro benzene ring substituents is 1. The molecule has 1 aliphatic rings. The fourth-order valence-electron chi connectivity index (χ4n) is 2.76. The molecule has 0 aromatic heterocycles. The number of carbonyl (C=O) groups is 1. The fraction of sp³-hybridized carbons (Fsp3) is 0.238. The van der Waals surface area contributed by atoms with E-state index in [9.17, 15) is 14.9 Å². The minimum absolute atomic E-state index is 0.0163. The van der Waals surface area contributed by atoms with Gasteiger partial charge in [0, 0.05) is 11.6 Å². The van der Waals surface area contributed by atoms with E-state index >= 15 is 0 Å². The van der Waals surface area contributed by atoms with Crippen LogP contribution in [0, 0.1) is 13.7 Å². The van der Waals surface area contributed by atoms with Crippen LogP contribution in [-0.2, 0) is 9.53 Å². The number of hydrogen-bond donors (Lipinski definition) is 0. The Balaban J connectivity index is 1.92. The summed E-state index contributed by atoms with van der Waals surface area (Å²) in [5, 5.41) is 11.1. The first-order chi connectivity index (χ1) is 14.8. The smallest absolute Gasteiger partial charge is 0.363 e. The highest BCUT2D eigenvalue weighted by atomic mass is 127. The second-order valence-electron chi connectivity index (χ2n) is 6.50. The Labute approximate surface area is 197 Å². The maximum absolute atomic E-state index is 12.3. The molecular formula is C21H18ClIN2O6. The molecule has 1 aliphatic heterocycles. The first-order valence-electron chi connectivity index (χ1n) is 9.31. The summed E-state index contributed by atoms with van der Waals surface area (Å²) in [6.07, 6.45) is 3.50. The average molecular weight is 557 g/mol. The summed E-state index contributed by atoms with van der Waals surface area (Å²) < 4.78 is 17.3. The van der Waals surface area contributed by atoms with Gasteiger partial charge in [-0.15, -0.1) is 0 Å². The molecule has 0 bridgehead atoms. The molecule has 0 saturated carbocycles. The fourth-order valence-corrected chi connectivity index (χ4v) is 3.73. The summed E-state index contributed by atoms with van der Waals surface area (Å²) in [5.74, 6) is 0.492. The van der Waals surface area contributed by atoms with Gasteiger partial charge in [-0.2, -0.15) is 0 Å². The lowest BCUT2D eigenvalue weighted by atomic mass is 10.1. The Kier molecular flexibility index (Phi) is 7.50. The van der Waals surface area contributed by atoms with E-state index in [1.807, 2.05) is 6.07 Å². The van der Waals surface area contributed by atoms with Crippen molar-refractivity contribution >= 4 is 57.8 Å². The number of esters is 1. The molecule has 0 N–H and O–H groups in total. The molecule has 2 aromatic rings. The zero-order valence-corrected chi connectivity index (χ0v) is 19.6. The molecule has 0 spiro atoms. The molecule has 3 rings (SSSR count). The Morgan fingerprint density at radius 2 is 2.10 bits per heavy atom. The van der Waals surface area contributed by atoms with Crippen molar-refractivity contribution in [1.29, 1.82) is 0 Å². The molecule has 0 radical (unpaired) electrons. The Morgan fingerprint density at radius 1 is 1.32 bits per heavy atom. The highest BCUT2D eigenvalue weighted by Gasteiger charge is 2.26. The molecule has 0 fully saturated rings. The lowest BCUT2D eigenvalue weighted by Crippen LogP contribution is -2.06. The number of halogens is 2. The number of cyclic esters (lactones) is 1. The van der Waals surface area contributed by atoms with E-state index in [4.69, 9.17) is 25.8 Å². The van der Waals surface area contributed by atoms with Crippen molar-refractivity contribution in [3.05, 3.63) is 65.9 Å². The lowest BCUT2D eigenvalue weighted by Gasteiger charge is -2.13. The summed E-state index contributed by atoms with van der Waals surface area (Å²) in [4.78, 5) is 27.0. The molecule has 2 aromatic carbocycles. The van der Waals surface area contributed by atoms with Crippen molar-refractivity contribution in [3.63, 3.8) is 0 Å². The summed E-state index contributed by atoms with van der Waals surface area (Å²) in [5.41, 5.74) is 0.709. The van der Waals surface area contributed by atoms with Crippen LogP contribution in [0.1, 0.15) is 30.9 Å². The molecule has 0 saturated heterocycles. The van der Waals surface area contributed by atoms with Gasteiger partial charge in [0.25, 0.3) is 5.69 Å². The number of rotatable bonds is 8. The molecule has 0 amide bonds. The SMILES string of the molecule is CCCCOc1c(I)cc(/C=C2\N=C(c3ccc(Cl)c([N+](=O)[O-])c3)OC2=O)cc1OC. The van der Waals surface area contributed by atoms with Gasteiger partial charge in [-0.3, -0.25) is 10.1 Å². The Morgan fingerprint density at radius 3 is 2.77 bits per heavy atom. The predicted octanol–water partition coefficient (Wildman–Crippen LogP) is 5.38. The third kappa shape index (κ3) is 5.34. The van der Waals surface area contributed by atoms with E-state index in [0.717, 1.165) is 16.4 Å². The van der Waals surface area contributed by atoms with Gasteiger partial charge < -0.3 is 14.2 Å². The van der Waals surface area contributed by atoms with Crippen LogP contribution in [0.5, 0.6) is 11.5 Å². The first-order valence-corrected chi connectivity index (χ1v) is 10.8. The standard InChI is InChI=1S/C21H18ClIN2O6/c1-3-4-7-30-19-15(23)8-12(10-18(19)29-2)9-16-21(26)31-20(24-16)13-5-6-14(22)17(11-13)25(27)28/h5-6,8-11H,3-4,7H2,1-2H3/b16-9-. The number of carbonyl (C=O) groups excluding carboxylic acids is 1. The Hall–Kier alpha value is -2.66. The molecule has 0 unspecified atom stereocenters. The van der Waals surface area contributed by atoms with Crippen molar-refractivity contribution in [2.45, 2.75) is 19.8 Å². The summed E-state index contributed by atoms with van der Waals surface area (Å²) in [6, 6.07) is 7.65. The summed E-state index contributed by atoms with van der Waals surface area (Å²) in [6.45, 7) is 2.66. The number of aliphatic imine (C=N–C) groups is 1. The van der Waals surface area contributed by atoms with Crippen molar-refractivity contribution in [1.82, 2.24) is 0 Å². The third-order valence-electron chi connectivity index (χ3n) is 4.31. The maximum atomic E-state index is 12.3. The van der Waals surface area contributed by atoms with Crippen molar-refractivity contribution < 1.29 is 23.9 Å². The quantitative estimate of drug-likeness (QED) is 0.108. The van der Waals surface area contributed by atoms with E-state index in [2.05, 4.69) is 34.5 Å². The minimum atomic E-state index is -0.662. The number of nitro groups is 1. The normalized spacial score (nSPS) is 14.4. The zero-order valence-electron chi connectivity index (χ0n) is 16.7. The zero-order chi connectivity index (χ0) is 22.5. The summed E-state index contributed by atoms with van der Waals surface area (Å²) >= 11 is 7.98. The van der Waals surface area contributed by atoms with E-state index < -0.39 is 10.9 Å². The topological polar surface area (TPSA) is 100 Å². The number of ether oxygens (including phenoxy) is 3.